The van der Waals surface area contributed by atoms with Crippen molar-refractivity contribution in [3.05, 3.63) is 235 Å². The number of benzene rings is 9. The molecule has 0 unspecified atom stereocenters. The maximum absolute atomic E-state index is 2.43. The monoisotopic (exact) mass is 717 g/mol. The van der Waals surface area contributed by atoms with E-state index in [1.807, 2.05) is 11.3 Å². The van der Waals surface area contributed by atoms with Gasteiger partial charge in [-0.15, -0.1) is 11.3 Å². The van der Waals surface area contributed by atoms with Crippen LogP contribution in [0.3, 0.4) is 0 Å². The lowest BCUT2D eigenvalue weighted by Crippen LogP contribution is -2.28. The third kappa shape index (κ3) is 4.92. The zero-order chi connectivity index (χ0) is 36.3. The minimum Gasteiger partial charge on any atom is -0.310 e. The molecule has 1 aliphatic rings. The Morgan fingerprint density at radius 2 is 0.909 bits per heavy atom. The number of hydrogen-bond donors (Lipinski definition) is 0. The molecule has 1 heterocycles. The van der Waals surface area contributed by atoms with E-state index in [0.717, 1.165) is 17.1 Å². The van der Waals surface area contributed by atoms with Gasteiger partial charge in [0.15, 0.2) is 0 Å². The molecule has 1 aliphatic carbocycles. The van der Waals surface area contributed by atoms with Crippen LogP contribution in [-0.2, 0) is 5.41 Å². The molecule has 10 aromatic rings. The van der Waals surface area contributed by atoms with Crippen molar-refractivity contribution < 1.29 is 0 Å². The molecule has 2 heteroatoms. The second kappa shape index (κ2) is 12.7. The standard InChI is InChI=1S/C53H35NS/c1-4-14-36(15-5-1)37-24-28-41(29-25-37)54(43-31-33-51-47(35-43)44-20-11-13-23-50(44)55-51)42-30-26-38-27-32-49-52(46(38)34-42)45-21-10-12-22-48(45)53(49,39-16-6-2-7-17-39)40-18-8-3-9-19-40/h1-35H. The fraction of sp³-hybridized carbons (Fsp3) is 0.0189. The van der Waals surface area contributed by atoms with Gasteiger partial charge in [-0.25, -0.2) is 0 Å². The number of fused-ring (bicyclic) bond motifs is 8. The summed E-state index contributed by atoms with van der Waals surface area (Å²) in [5.74, 6) is 0. The van der Waals surface area contributed by atoms with Crippen LogP contribution in [-0.4, -0.2) is 0 Å². The molecule has 1 nitrogen and oxygen atoms in total. The molecule has 0 bridgehead atoms. The molecule has 1 aromatic heterocycles. The number of rotatable bonds is 6. The topological polar surface area (TPSA) is 3.24 Å². The minimum atomic E-state index is -0.448. The molecule has 0 spiro atoms. The van der Waals surface area contributed by atoms with Gasteiger partial charge in [-0.2, -0.15) is 0 Å². The van der Waals surface area contributed by atoms with E-state index in [1.54, 1.807) is 0 Å². The largest absolute Gasteiger partial charge is 0.310 e. The van der Waals surface area contributed by atoms with Crippen molar-refractivity contribution in [1.82, 2.24) is 0 Å². The highest BCUT2D eigenvalue weighted by Crippen LogP contribution is 2.58. The quantitative estimate of drug-likeness (QED) is 0.166. The first-order chi connectivity index (χ1) is 27.3. The summed E-state index contributed by atoms with van der Waals surface area (Å²) in [5, 5.41) is 5.07. The smallest absolute Gasteiger partial charge is 0.0713 e. The SMILES string of the molecule is c1ccc(-c2ccc(N(c3ccc4ccc5c(c4c3)-c3ccccc3C5(c3ccccc3)c3ccccc3)c3ccc4sc5ccccc5c4c3)cc2)cc1. The van der Waals surface area contributed by atoms with Crippen molar-refractivity contribution in [2.45, 2.75) is 5.41 Å². The Morgan fingerprint density at radius 3 is 1.65 bits per heavy atom. The van der Waals surface area contributed by atoms with Crippen LogP contribution in [0.15, 0.2) is 212 Å². The summed E-state index contributed by atoms with van der Waals surface area (Å²) in [5.41, 5.74) is 13.1. The fourth-order valence-electron chi connectivity index (χ4n) is 9.12. The van der Waals surface area contributed by atoms with E-state index in [1.165, 1.54) is 75.5 Å². The van der Waals surface area contributed by atoms with Gasteiger partial charge in [-0.1, -0.05) is 164 Å². The van der Waals surface area contributed by atoms with Crippen LogP contribution in [0.1, 0.15) is 22.3 Å². The lowest BCUT2D eigenvalue weighted by Gasteiger charge is -2.34. The number of nitrogens with zero attached hydrogens (tertiary/aromatic N) is 1. The van der Waals surface area contributed by atoms with Gasteiger partial charge in [0, 0.05) is 37.2 Å². The Kier molecular flexibility index (Phi) is 7.33. The summed E-state index contributed by atoms with van der Waals surface area (Å²) >= 11 is 1.86. The van der Waals surface area contributed by atoms with Gasteiger partial charge in [-0.05, 0) is 104 Å². The fourth-order valence-corrected chi connectivity index (χ4v) is 10.2. The third-order valence-electron chi connectivity index (χ3n) is 11.5. The second-order valence-corrected chi connectivity index (χ2v) is 15.5. The molecule has 0 fully saturated rings. The summed E-state index contributed by atoms with van der Waals surface area (Å²) in [7, 11) is 0. The van der Waals surface area contributed by atoms with Crippen LogP contribution in [0.5, 0.6) is 0 Å². The lowest BCUT2D eigenvalue weighted by molar-refractivity contribution is 0.769. The van der Waals surface area contributed by atoms with Crippen LogP contribution in [0, 0.1) is 0 Å². The Morgan fingerprint density at radius 1 is 0.364 bits per heavy atom. The predicted octanol–water partition coefficient (Wildman–Crippen LogP) is 14.7. The zero-order valence-electron chi connectivity index (χ0n) is 30.1. The van der Waals surface area contributed by atoms with Gasteiger partial charge in [0.1, 0.15) is 0 Å². The first-order valence-corrected chi connectivity index (χ1v) is 19.7. The molecule has 0 N–H and O–H groups in total. The molecular formula is C53H35NS. The number of anilines is 3. The van der Waals surface area contributed by atoms with Crippen molar-refractivity contribution in [3.63, 3.8) is 0 Å². The average molecular weight is 718 g/mol. The summed E-state index contributed by atoms with van der Waals surface area (Å²) in [6.45, 7) is 0. The molecule has 9 aromatic carbocycles. The summed E-state index contributed by atoms with van der Waals surface area (Å²) < 4.78 is 2.61. The maximum atomic E-state index is 2.43. The molecule has 11 rings (SSSR count). The van der Waals surface area contributed by atoms with Gasteiger partial charge in [0.2, 0.25) is 0 Å². The Hall–Kier alpha value is -6.74. The van der Waals surface area contributed by atoms with Gasteiger partial charge >= 0.3 is 0 Å². The Balaban J connectivity index is 1.16. The molecule has 0 saturated carbocycles. The summed E-state index contributed by atoms with van der Waals surface area (Å²) in [6, 6.07) is 78.3. The highest BCUT2D eigenvalue weighted by molar-refractivity contribution is 7.25. The van der Waals surface area contributed by atoms with E-state index in [4.69, 9.17) is 0 Å². The lowest BCUT2D eigenvalue weighted by atomic mass is 9.67. The van der Waals surface area contributed by atoms with Gasteiger partial charge in [-0.3, -0.25) is 0 Å². The zero-order valence-corrected chi connectivity index (χ0v) is 30.9. The van der Waals surface area contributed by atoms with Crippen LogP contribution < -0.4 is 4.90 Å². The van der Waals surface area contributed by atoms with Crippen molar-refractivity contribution in [3.8, 4) is 22.3 Å². The Labute approximate surface area is 325 Å². The van der Waals surface area contributed by atoms with Gasteiger partial charge in [0.25, 0.3) is 0 Å². The van der Waals surface area contributed by atoms with E-state index in [0.29, 0.717) is 0 Å². The molecule has 0 radical (unpaired) electrons. The molecule has 0 atom stereocenters. The number of hydrogen-bond acceptors (Lipinski definition) is 2. The molecule has 0 amide bonds. The van der Waals surface area contributed by atoms with E-state index in [2.05, 4.69) is 217 Å². The second-order valence-electron chi connectivity index (χ2n) is 14.4. The van der Waals surface area contributed by atoms with Crippen molar-refractivity contribution in [2.24, 2.45) is 0 Å². The van der Waals surface area contributed by atoms with Crippen molar-refractivity contribution >= 4 is 59.3 Å². The van der Waals surface area contributed by atoms with E-state index in [9.17, 15) is 0 Å². The van der Waals surface area contributed by atoms with E-state index in [-0.39, 0.29) is 0 Å². The van der Waals surface area contributed by atoms with Gasteiger partial charge < -0.3 is 4.90 Å². The van der Waals surface area contributed by atoms with E-state index < -0.39 is 5.41 Å². The minimum absolute atomic E-state index is 0.448. The molecule has 258 valence electrons. The van der Waals surface area contributed by atoms with Crippen LogP contribution in [0.2, 0.25) is 0 Å². The molecular weight excluding hydrogens is 683 g/mol. The van der Waals surface area contributed by atoms with Crippen molar-refractivity contribution in [1.29, 1.82) is 0 Å². The summed E-state index contributed by atoms with van der Waals surface area (Å²) in [4.78, 5) is 2.43. The third-order valence-corrected chi connectivity index (χ3v) is 12.7. The van der Waals surface area contributed by atoms with E-state index >= 15 is 0 Å². The van der Waals surface area contributed by atoms with Crippen LogP contribution in [0.4, 0.5) is 17.1 Å². The first kappa shape index (κ1) is 31.8. The molecule has 0 aliphatic heterocycles. The van der Waals surface area contributed by atoms with Gasteiger partial charge in [0.05, 0.1) is 5.41 Å². The first-order valence-electron chi connectivity index (χ1n) is 18.9. The molecule has 55 heavy (non-hydrogen) atoms. The van der Waals surface area contributed by atoms with Crippen LogP contribution >= 0.6 is 11.3 Å². The normalized spacial score (nSPS) is 12.9. The van der Waals surface area contributed by atoms with Crippen LogP contribution in [0.25, 0.3) is 53.2 Å². The highest BCUT2D eigenvalue weighted by atomic mass is 32.1. The average Bonchev–Trinajstić information content (AvgIpc) is 3.79. The highest BCUT2D eigenvalue weighted by Gasteiger charge is 2.46. The molecule has 0 saturated heterocycles. The predicted molar refractivity (Wildman–Crippen MR) is 234 cm³/mol. The maximum Gasteiger partial charge on any atom is 0.0713 e. The summed E-state index contributed by atoms with van der Waals surface area (Å²) in [6.07, 6.45) is 0. The Bertz CT molecular complexity index is 2980. The number of thiophene rings is 1. The van der Waals surface area contributed by atoms with Crippen molar-refractivity contribution in [2.75, 3.05) is 4.90 Å².